The number of rotatable bonds is 7. The van der Waals surface area contributed by atoms with Crippen molar-refractivity contribution >= 4 is 23.8 Å². The zero-order valence-electron chi connectivity index (χ0n) is 15.5. The third-order valence-corrected chi connectivity index (χ3v) is 6.46. The molecule has 2 aliphatic rings. The Bertz CT molecular complexity index is 446. The van der Waals surface area contributed by atoms with Gasteiger partial charge in [0.1, 0.15) is 5.60 Å². The van der Waals surface area contributed by atoms with Gasteiger partial charge in [0.15, 0.2) is 0 Å². The van der Waals surface area contributed by atoms with Gasteiger partial charge in [-0.05, 0) is 18.6 Å². The Morgan fingerprint density at radius 3 is 2.42 bits per heavy atom. The highest BCUT2D eigenvalue weighted by Gasteiger charge is 2.47. The Morgan fingerprint density at radius 1 is 1.25 bits per heavy atom. The Labute approximate surface area is 150 Å². The van der Waals surface area contributed by atoms with E-state index in [1.165, 1.54) is 0 Å². The van der Waals surface area contributed by atoms with E-state index in [0.717, 1.165) is 38.0 Å². The second-order valence-electron chi connectivity index (χ2n) is 7.04. The number of likely N-dealkylation sites (tertiary alicyclic amines) is 1. The maximum Gasteiger partial charge on any atom is 0.410 e. The number of thioether (sulfide) groups is 1. The zero-order valence-corrected chi connectivity index (χ0v) is 16.4. The highest BCUT2D eigenvalue weighted by Crippen LogP contribution is 2.34. The minimum atomic E-state index is -0.374. The summed E-state index contributed by atoms with van der Waals surface area (Å²) in [4.78, 5) is 28.5. The minimum absolute atomic E-state index is 0.0153. The Kier molecular flexibility index (Phi) is 6.84. The molecule has 1 atom stereocenters. The normalized spacial score (nSPS) is 21.5. The van der Waals surface area contributed by atoms with Gasteiger partial charge in [-0.1, -0.05) is 33.6 Å². The summed E-state index contributed by atoms with van der Waals surface area (Å²) in [5, 5.41) is 0.0153. The number of hydrogen-bond donors (Lipinski definition) is 0. The predicted octanol–water partition coefficient (Wildman–Crippen LogP) is 3.38. The minimum Gasteiger partial charge on any atom is -0.441 e. The van der Waals surface area contributed by atoms with Crippen LogP contribution in [-0.4, -0.2) is 64.6 Å². The van der Waals surface area contributed by atoms with Crippen LogP contribution in [0, 0.1) is 5.92 Å². The lowest BCUT2D eigenvalue weighted by Gasteiger charge is -2.38. The van der Waals surface area contributed by atoms with Crippen molar-refractivity contribution in [1.29, 1.82) is 0 Å². The van der Waals surface area contributed by atoms with Crippen LogP contribution in [0.3, 0.4) is 0 Å². The second kappa shape index (κ2) is 8.45. The lowest BCUT2D eigenvalue weighted by Crippen LogP contribution is -2.50. The van der Waals surface area contributed by atoms with E-state index in [1.54, 1.807) is 11.8 Å². The number of carbonyl (C=O) groups excluding carboxylic acids is 2. The van der Waals surface area contributed by atoms with Crippen LogP contribution in [-0.2, 0) is 9.53 Å². The Hall–Kier alpha value is -0.910. The van der Waals surface area contributed by atoms with Crippen molar-refractivity contribution < 1.29 is 14.3 Å². The standard InChI is InChI=1S/C18H32N2O3S/c1-5-15(6-2)12-20-13-18(23-17(20)22)8-10-19(11-9-18)16(21)14(4)24-7-3/h14-15H,5-13H2,1-4H3. The molecule has 2 aliphatic heterocycles. The first-order valence-electron chi connectivity index (χ1n) is 9.33. The molecule has 0 radical (unpaired) electrons. The molecular formula is C18H32N2O3S. The number of piperidine rings is 1. The molecule has 0 N–H and O–H groups in total. The molecule has 2 heterocycles. The number of ether oxygens (including phenoxy) is 1. The molecular weight excluding hydrogens is 324 g/mol. The van der Waals surface area contributed by atoms with Gasteiger partial charge in [0.2, 0.25) is 5.91 Å². The highest BCUT2D eigenvalue weighted by molar-refractivity contribution is 8.00. The molecule has 0 saturated carbocycles. The molecule has 1 spiro atoms. The molecule has 2 fully saturated rings. The average Bonchev–Trinajstić information content (AvgIpc) is 2.88. The molecule has 2 rings (SSSR count). The van der Waals surface area contributed by atoms with Gasteiger partial charge in [-0.3, -0.25) is 4.79 Å². The van der Waals surface area contributed by atoms with Crippen molar-refractivity contribution in [1.82, 2.24) is 9.80 Å². The molecule has 1 unspecified atom stereocenters. The molecule has 5 nitrogen and oxygen atoms in total. The van der Waals surface area contributed by atoms with Crippen LogP contribution in [0.1, 0.15) is 53.4 Å². The molecule has 138 valence electrons. The molecule has 24 heavy (non-hydrogen) atoms. The topological polar surface area (TPSA) is 49.9 Å². The van der Waals surface area contributed by atoms with Gasteiger partial charge in [-0.2, -0.15) is 0 Å². The first-order chi connectivity index (χ1) is 11.4. The molecule has 6 heteroatoms. The maximum atomic E-state index is 12.4. The third kappa shape index (κ3) is 4.38. The first-order valence-corrected chi connectivity index (χ1v) is 10.4. The molecule has 0 aromatic carbocycles. The fraction of sp³-hybridized carbons (Fsp3) is 0.889. The SMILES string of the molecule is CCSC(C)C(=O)N1CCC2(CC1)CN(CC(CC)CC)C(=O)O2. The number of amides is 2. The number of hydrogen-bond acceptors (Lipinski definition) is 4. The van der Waals surface area contributed by atoms with E-state index in [1.807, 2.05) is 16.7 Å². The van der Waals surface area contributed by atoms with Gasteiger partial charge in [-0.25, -0.2) is 4.79 Å². The van der Waals surface area contributed by atoms with Gasteiger partial charge in [-0.15, -0.1) is 11.8 Å². The molecule has 2 saturated heterocycles. The first kappa shape index (κ1) is 19.4. The largest absolute Gasteiger partial charge is 0.441 e. The van der Waals surface area contributed by atoms with E-state index in [2.05, 4.69) is 20.8 Å². The summed E-state index contributed by atoms with van der Waals surface area (Å²) >= 11 is 1.68. The van der Waals surface area contributed by atoms with Crippen molar-refractivity contribution in [3.8, 4) is 0 Å². The van der Waals surface area contributed by atoms with E-state index in [9.17, 15) is 9.59 Å². The van der Waals surface area contributed by atoms with Crippen LogP contribution in [0.15, 0.2) is 0 Å². The summed E-state index contributed by atoms with van der Waals surface area (Å²) in [6, 6.07) is 0. The lowest BCUT2D eigenvalue weighted by molar-refractivity contribution is -0.133. The highest BCUT2D eigenvalue weighted by atomic mass is 32.2. The maximum absolute atomic E-state index is 12.4. The van der Waals surface area contributed by atoms with Crippen LogP contribution >= 0.6 is 11.8 Å². The second-order valence-corrected chi connectivity index (χ2v) is 8.65. The Morgan fingerprint density at radius 2 is 1.88 bits per heavy atom. The molecule has 0 bridgehead atoms. The monoisotopic (exact) mass is 356 g/mol. The van der Waals surface area contributed by atoms with E-state index >= 15 is 0 Å². The molecule has 0 aliphatic carbocycles. The molecule has 0 aromatic rings. The van der Waals surface area contributed by atoms with Crippen LogP contribution in [0.5, 0.6) is 0 Å². The summed E-state index contributed by atoms with van der Waals surface area (Å²) < 4.78 is 5.77. The average molecular weight is 357 g/mol. The van der Waals surface area contributed by atoms with Gasteiger partial charge in [0, 0.05) is 32.5 Å². The van der Waals surface area contributed by atoms with Crippen molar-refractivity contribution in [2.24, 2.45) is 5.92 Å². The van der Waals surface area contributed by atoms with Gasteiger partial charge in [0.25, 0.3) is 0 Å². The van der Waals surface area contributed by atoms with Crippen molar-refractivity contribution in [3.05, 3.63) is 0 Å². The van der Waals surface area contributed by atoms with E-state index in [0.29, 0.717) is 25.6 Å². The number of carbonyl (C=O) groups is 2. The van der Waals surface area contributed by atoms with Crippen molar-refractivity contribution in [2.45, 2.75) is 64.2 Å². The van der Waals surface area contributed by atoms with Gasteiger partial charge >= 0.3 is 6.09 Å². The van der Waals surface area contributed by atoms with Crippen molar-refractivity contribution in [2.75, 3.05) is 31.9 Å². The third-order valence-electron chi connectivity index (χ3n) is 5.43. The molecule has 0 aromatic heterocycles. The summed E-state index contributed by atoms with van der Waals surface area (Å²) in [5.74, 6) is 1.71. The van der Waals surface area contributed by atoms with Gasteiger partial charge < -0.3 is 14.5 Å². The zero-order chi connectivity index (χ0) is 17.7. The van der Waals surface area contributed by atoms with Crippen LogP contribution in [0.25, 0.3) is 0 Å². The van der Waals surface area contributed by atoms with Crippen molar-refractivity contribution in [3.63, 3.8) is 0 Å². The Balaban J connectivity index is 1.89. The van der Waals surface area contributed by atoms with Crippen LogP contribution in [0.4, 0.5) is 4.79 Å². The predicted molar refractivity (Wildman–Crippen MR) is 98.3 cm³/mol. The fourth-order valence-electron chi connectivity index (χ4n) is 3.67. The molecule has 2 amide bonds. The summed E-state index contributed by atoms with van der Waals surface area (Å²) in [5.41, 5.74) is -0.374. The van der Waals surface area contributed by atoms with Gasteiger partial charge in [0.05, 0.1) is 11.8 Å². The quantitative estimate of drug-likeness (QED) is 0.702. The summed E-state index contributed by atoms with van der Waals surface area (Å²) in [6.07, 6.45) is 3.52. The van der Waals surface area contributed by atoms with E-state index in [4.69, 9.17) is 4.74 Å². The number of nitrogens with zero attached hydrogens (tertiary/aromatic N) is 2. The summed E-state index contributed by atoms with van der Waals surface area (Å²) in [6.45, 7) is 11.3. The smallest absolute Gasteiger partial charge is 0.410 e. The summed E-state index contributed by atoms with van der Waals surface area (Å²) in [7, 11) is 0. The van der Waals surface area contributed by atoms with Crippen LogP contribution in [0.2, 0.25) is 0 Å². The van der Waals surface area contributed by atoms with E-state index < -0.39 is 0 Å². The fourth-order valence-corrected chi connectivity index (χ4v) is 4.46. The lowest BCUT2D eigenvalue weighted by atomic mass is 9.91. The van der Waals surface area contributed by atoms with E-state index in [-0.39, 0.29) is 22.9 Å². The van der Waals surface area contributed by atoms with Crippen LogP contribution < -0.4 is 0 Å².